The zero-order chi connectivity index (χ0) is 14.0. The Kier molecular flexibility index (Phi) is 4.06. The smallest absolute Gasteiger partial charge is 0.187 e. The van der Waals surface area contributed by atoms with E-state index in [1.807, 2.05) is 6.92 Å². The maximum Gasteiger partial charge on any atom is 0.187 e. The highest BCUT2D eigenvalue weighted by Crippen LogP contribution is 2.27. The molecule has 1 aromatic carbocycles. The van der Waals surface area contributed by atoms with Crippen LogP contribution in [0.15, 0.2) is 12.1 Å². The molecule has 2 rings (SSSR count). The SMILES string of the molecule is COC1(C)CCCN(Cc2cc(F)c(O)c(F)c2)C1. The van der Waals surface area contributed by atoms with Gasteiger partial charge >= 0.3 is 0 Å². The summed E-state index contributed by atoms with van der Waals surface area (Å²) >= 11 is 0. The molecular formula is C14H19F2NO2. The van der Waals surface area contributed by atoms with Gasteiger partial charge in [-0.3, -0.25) is 4.90 Å². The number of nitrogens with zero attached hydrogens (tertiary/aromatic N) is 1. The first kappa shape index (κ1) is 14.2. The molecule has 0 spiro atoms. The van der Waals surface area contributed by atoms with Crippen molar-refractivity contribution in [3.8, 4) is 5.75 Å². The summed E-state index contributed by atoms with van der Waals surface area (Å²) in [6, 6.07) is 2.36. The Balaban J connectivity index is 2.09. The van der Waals surface area contributed by atoms with E-state index in [2.05, 4.69) is 4.90 Å². The van der Waals surface area contributed by atoms with Crippen LogP contribution in [0.3, 0.4) is 0 Å². The monoisotopic (exact) mass is 271 g/mol. The van der Waals surface area contributed by atoms with Crippen LogP contribution in [0.2, 0.25) is 0 Å². The molecule has 1 fully saturated rings. The molecule has 0 aliphatic carbocycles. The Hall–Kier alpha value is -1.20. The number of aromatic hydroxyl groups is 1. The number of likely N-dealkylation sites (tertiary alicyclic amines) is 1. The Labute approximate surface area is 111 Å². The zero-order valence-electron chi connectivity index (χ0n) is 11.2. The van der Waals surface area contributed by atoms with Crippen molar-refractivity contribution in [3.05, 3.63) is 29.3 Å². The molecule has 19 heavy (non-hydrogen) atoms. The van der Waals surface area contributed by atoms with E-state index in [1.54, 1.807) is 7.11 Å². The highest BCUT2D eigenvalue weighted by atomic mass is 19.1. The van der Waals surface area contributed by atoms with Crippen molar-refractivity contribution in [1.29, 1.82) is 0 Å². The third-order valence-electron chi connectivity index (χ3n) is 3.71. The highest BCUT2D eigenvalue weighted by Gasteiger charge is 2.30. The molecular weight excluding hydrogens is 252 g/mol. The van der Waals surface area contributed by atoms with Gasteiger partial charge in [0.15, 0.2) is 17.4 Å². The van der Waals surface area contributed by atoms with Gasteiger partial charge in [0.2, 0.25) is 0 Å². The lowest BCUT2D eigenvalue weighted by molar-refractivity contribution is -0.0527. The van der Waals surface area contributed by atoms with Crippen molar-refractivity contribution >= 4 is 0 Å². The maximum absolute atomic E-state index is 13.3. The summed E-state index contributed by atoms with van der Waals surface area (Å²) in [6.45, 7) is 4.10. The zero-order valence-corrected chi connectivity index (χ0v) is 11.2. The molecule has 106 valence electrons. The molecule has 0 bridgehead atoms. The quantitative estimate of drug-likeness (QED) is 0.917. The van der Waals surface area contributed by atoms with E-state index in [-0.39, 0.29) is 5.60 Å². The van der Waals surface area contributed by atoms with E-state index in [9.17, 15) is 8.78 Å². The molecule has 1 aliphatic heterocycles. The molecule has 1 N–H and O–H groups in total. The van der Waals surface area contributed by atoms with E-state index < -0.39 is 17.4 Å². The number of piperidine rings is 1. The molecule has 0 radical (unpaired) electrons. The Morgan fingerprint density at radius 1 is 1.37 bits per heavy atom. The molecule has 3 nitrogen and oxygen atoms in total. The van der Waals surface area contributed by atoms with Gasteiger partial charge in [-0.2, -0.15) is 0 Å². The van der Waals surface area contributed by atoms with Crippen molar-refractivity contribution < 1.29 is 18.6 Å². The lowest BCUT2D eigenvalue weighted by Crippen LogP contribution is -2.46. The number of methoxy groups -OCH3 is 1. The van der Waals surface area contributed by atoms with Gasteiger partial charge in [-0.05, 0) is 44.0 Å². The van der Waals surface area contributed by atoms with Gasteiger partial charge in [0, 0.05) is 20.2 Å². The second-order valence-corrected chi connectivity index (χ2v) is 5.38. The lowest BCUT2D eigenvalue weighted by atomic mass is 9.94. The van der Waals surface area contributed by atoms with E-state index in [0.29, 0.717) is 12.1 Å². The van der Waals surface area contributed by atoms with Gasteiger partial charge in [-0.25, -0.2) is 8.78 Å². The van der Waals surface area contributed by atoms with E-state index in [4.69, 9.17) is 9.84 Å². The van der Waals surface area contributed by atoms with Gasteiger partial charge in [0.25, 0.3) is 0 Å². The van der Waals surface area contributed by atoms with Crippen molar-refractivity contribution in [2.75, 3.05) is 20.2 Å². The average Bonchev–Trinajstić information content (AvgIpc) is 2.36. The summed E-state index contributed by atoms with van der Waals surface area (Å²) in [5.74, 6) is -2.74. The fourth-order valence-corrected chi connectivity index (χ4v) is 2.58. The molecule has 0 saturated carbocycles. The summed E-state index contributed by atoms with van der Waals surface area (Å²) in [4.78, 5) is 2.11. The number of hydrogen-bond donors (Lipinski definition) is 1. The molecule has 1 saturated heterocycles. The van der Waals surface area contributed by atoms with Crippen molar-refractivity contribution in [1.82, 2.24) is 4.90 Å². The second-order valence-electron chi connectivity index (χ2n) is 5.38. The van der Waals surface area contributed by atoms with Gasteiger partial charge < -0.3 is 9.84 Å². The Morgan fingerprint density at radius 2 is 2.00 bits per heavy atom. The molecule has 5 heteroatoms. The molecule has 1 atom stereocenters. The summed E-state index contributed by atoms with van der Waals surface area (Å²) in [6.07, 6.45) is 1.98. The molecule has 1 aromatic rings. The van der Waals surface area contributed by atoms with Crippen LogP contribution in [0, 0.1) is 11.6 Å². The molecule has 1 aliphatic rings. The number of phenolic OH excluding ortho intramolecular Hbond substituents is 1. The van der Waals surface area contributed by atoms with Crippen LogP contribution < -0.4 is 0 Å². The molecule has 0 amide bonds. The molecule has 0 aromatic heterocycles. The van der Waals surface area contributed by atoms with Crippen molar-refractivity contribution in [2.24, 2.45) is 0 Å². The fourth-order valence-electron chi connectivity index (χ4n) is 2.58. The number of phenols is 1. The minimum atomic E-state index is -0.915. The largest absolute Gasteiger partial charge is 0.503 e. The summed E-state index contributed by atoms with van der Waals surface area (Å²) < 4.78 is 32.0. The van der Waals surface area contributed by atoms with Crippen molar-refractivity contribution in [2.45, 2.75) is 31.9 Å². The van der Waals surface area contributed by atoms with Crippen LogP contribution in [-0.4, -0.2) is 35.8 Å². The van der Waals surface area contributed by atoms with E-state index in [0.717, 1.165) is 25.9 Å². The second kappa shape index (κ2) is 5.43. The first-order valence-electron chi connectivity index (χ1n) is 6.38. The normalized spacial score (nSPS) is 24.6. The van der Waals surface area contributed by atoms with Crippen LogP contribution in [0.5, 0.6) is 5.75 Å². The van der Waals surface area contributed by atoms with E-state index >= 15 is 0 Å². The van der Waals surface area contributed by atoms with Crippen LogP contribution in [0.25, 0.3) is 0 Å². The predicted octanol–water partition coefficient (Wildman–Crippen LogP) is 2.67. The van der Waals surface area contributed by atoms with Crippen LogP contribution in [0.4, 0.5) is 8.78 Å². The van der Waals surface area contributed by atoms with Gasteiger partial charge in [0.05, 0.1) is 5.60 Å². The number of rotatable bonds is 3. The van der Waals surface area contributed by atoms with Gasteiger partial charge in [-0.1, -0.05) is 0 Å². The van der Waals surface area contributed by atoms with E-state index in [1.165, 1.54) is 12.1 Å². The minimum absolute atomic E-state index is 0.202. The average molecular weight is 271 g/mol. The van der Waals surface area contributed by atoms with Crippen LogP contribution in [0.1, 0.15) is 25.3 Å². The Morgan fingerprint density at radius 3 is 2.58 bits per heavy atom. The highest BCUT2D eigenvalue weighted by molar-refractivity contribution is 5.30. The van der Waals surface area contributed by atoms with Crippen LogP contribution >= 0.6 is 0 Å². The standard InChI is InChI=1S/C14H19F2NO2/c1-14(19-2)4-3-5-17(9-14)8-10-6-11(15)13(18)12(16)7-10/h6-7,18H,3-5,8-9H2,1-2H3. The summed E-state index contributed by atoms with van der Waals surface area (Å²) in [5.41, 5.74) is 0.319. The third kappa shape index (κ3) is 3.22. The minimum Gasteiger partial charge on any atom is -0.503 e. The van der Waals surface area contributed by atoms with Crippen molar-refractivity contribution in [3.63, 3.8) is 0 Å². The first-order valence-corrected chi connectivity index (χ1v) is 6.38. The van der Waals surface area contributed by atoms with Gasteiger partial charge in [-0.15, -0.1) is 0 Å². The van der Waals surface area contributed by atoms with Crippen LogP contribution in [-0.2, 0) is 11.3 Å². The summed E-state index contributed by atoms with van der Waals surface area (Å²) in [5, 5.41) is 9.07. The first-order chi connectivity index (χ1) is 8.93. The lowest BCUT2D eigenvalue weighted by Gasteiger charge is -2.39. The number of ether oxygens (including phenoxy) is 1. The number of halogens is 2. The number of hydrogen-bond acceptors (Lipinski definition) is 3. The third-order valence-corrected chi connectivity index (χ3v) is 3.71. The summed E-state index contributed by atoms with van der Waals surface area (Å²) in [7, 11) is 1.68. The predicted molar refractivity (Wildman–Crippen MR) is 67.9 cm³/mol. The van der Waals surface area contributed by atoms with Gasteiger partial charge in [0.1, 0.15) is 0 Å². The maximum atomic E-state index is 13.3. The molecule has 1 heterocycles. The Bertz CT molecular complexity index is 444. The molecule has 1 unspecified atom stereocenters. The number of benzene rings is 1. The fraction of sp³-hybridized carbons (Fsp3) is 0.571. The topological polar surface area (TPSA) is 32.7 Å².